The Hall–Kier alpha value is -3.53. The fourth-order valence-electron chi connectivity index (χ4n) is 3.45. The van der Waals surface area contributed by atoms with Crippen molar-refractivity contribution in [3.05, 3.63) is 86.1 Å². The van der Waals surface area contributed by atoms with Gasteiger partial charge in [-0.3, -0.25) is 29.5 Å². The maximum Gasteiger partial charge on any atom is 0.281 e. The molecule has 4 rings (SSSR count). The molecular formula is C23H15Cl2N3O5S. The molecule has 0 radical (unpaired) electrons. The summed E-state index contributed by atoms with van der Waals surface area (Å²) in [6, 6.07) is 13.7. The monoisotopic (exact) mass is 515 g/mol. The molecule has 0 saturated carbocycles. The second-order valence-corrected chi connectivity index (χ2v) is 8.37. The molecule has 8 nitrogen and oxygen atoms in total. The number of furan rings is 1. The summed E-state index contributed by atoms with van der Waals surface area (Å²) in [4.78, 5) is 39.7. The van der Waals surface area contributed by atoms with Crippen molar-refractivity contribution in [1.29, 1.82) is 0 Å². The summed E-state index contributed by atoms with van der Waals surface area (Å²) in [6.45, 7) is 1.98. The minimum atomic E-state index is -0.627. The normalized spacial score (nSPS) is 15.4. The predicted molar refractivity (Wildman–Crippen MR) is 133 cm³/mol. The molecule has 2 heterocycles. The number of halogens is 2. The fourth-order valence-corrected chi connectivity index (χ4v) is 4.15. The topological polar surface area (TPSA) is 96.9 Å². The van der Waals surface area contributed by atoms with Crippen LogP contribution in [-0.2, 0) is 9.59 Å². The molecule has 0 spiro atoms. The Labute approximate surface area is 209 Å². The largest absolute Gasteiger partial charge is 0.456 e. The van der Waals surface area contributed by atoms with E-state index in [-0.39, 0.29) is 45.0 Å². The van der Waals surface area contributed by atoms with Gasteiger partial charge in [-0.25, -0.2) is 0 Å². The van der Waals surface area contributed by atoms with Crippen molar-refractivity contribution in [2.75, 3.05) is 11.4 Å². The van der Waals surface area contributed by atoms with Crippen molar-refractivity contribution >= 4 is 69.8 Å². The number of carbonyl (C=O) groups excluding carboxylic acids is 2. The summed E-state index contributed by atoms with van der Waals surface area (Å²) >= 11 is 17.2. The maximum absolute atomic E-state index is 13.3. The number of hydrogen-bond acceptors (Lipinski definition) is 6. The van der Waals surface area contributed by atoms with Crippen LogP contribution in [0.3, 0.4) is 0 Å². The van der Waals surface area contributed by atoms with E-state index in [1.807, 2.05) is 0 Å². The number of rotatable bonds is 5. The van der Waals surface area contributed by atoms with Crippen LogP contribution in [0.15, 0.2) is 64.6 Å². The van der Waals surface area contributed by atoms with E-state index >= 15 is 0 Å². The van der Waals surface area contributed by atoms with E-state index in [0.717, 1.165) is 0 Å². The third-order valence-electron chi connectivity index (χ3n) is 5.07. The second kappa shape index (κ2) is 9.38. The smallest absolute Gasteiger partial charge is 0.281 e. The van der Waals surface area contributed by atoms with Crippen molar-refractivity contribution < 1.29 is 18.9 Å². The van der Waals surface area contributed by atoms with E-state index in [1.54, 1.807) is 31.2 Å². The van der Waals surface area contributed by atoms with Gasteiger partial charge in [0.25, 0.3) is 17.5 Å². The molecule has 1 aliphatic rings. The molecular weight excluding hydrogens is 501 g/mol. The van der Waals surface area contributed by atoms with Gasteiger partial charge in [0.2, 0.25) is 0 Å². The number of nitrogens with zero attached hydrogens (tertiary/aromatic N) is 3. The molecule has 1 aromatic heterocycles. The molecule has 2 aromatic carbocycles. The summed E-state index contributed by atoms with van der Waals surface area (Å²) < 4.78 is 5.74. The zero-order chi connectivity index (χ0) is 24.6. The van der Waals surface area contributed by atoms with Crippen LogP contribution < -0.4 is 4.90 Å². The molecule has 1 aliphatic heterocycles. The van der Waals surface area contributed by atoms with Gasteiger partial charge in [-0.2, -0.15) is 0 Å². The molecule has 0 bridgehead atoms. The Kier molecular flexibility index (Phi) is 6.52. The van der Waals surface area contributed by atoms with Crippen LogP contribution in [0, 0.1) is 10.1 Å². The van der Waals surface area contributed by atoms with Crippen LogP contribution in [0.1, 0.15) is 12.7 Å². The highest BCUT2D eigenvalue weighted by Gasteiger charge is 2.39. The maximum atomic E-state index is 13.3. The number of anilines is 1. The first-order chi connectivity index (χ1) is 16.2. The van der Waals surface area contributed by atoms with Crippen molar-refractivity contribution in [2.45, 2.75) is 6.92 Å². The van der Waals surface area contributed by atoms with Gasteiger partial charge in [0.1, 0.15) is 17.1 Å². The van der Waals surface area contributed by atoms with E-state index < -0.39 is 16.7 Å². The number of thiocarbonyl (C=S) groups is 1. The third kappa shape index (κ3) is 4.33. The lowest BCUT2D eigenvalue weighted by atomic mass is 10.1. The average Bonchev–Trinajstić information content (AvgIpc) is 3.26. The van der Waals surface area contributed by atoms with Gasteiger partial charge in [-0.1, -0.05) is 23.2 Å². The first-order valence-corrected chi connectivity index (χ1v) is 11.1. The Morgan fingerprint density at radius 2 is 1.71 bits per heavy atom. The van der Waals surface area contributed by atoms with Crippen LogP contribution in [-0.4, -0.2) is 33.3 Å². The van der Waals surface area contributed by atoms with E-state index in [9.17, 15) is 19.7 Å². The predicted octanol–water partition coefficient (Wildman–Crippen LogP) is 5.73. The first kappa shape index (κ1) is 23.6. The quantitative estimate of drug-likeness (QED) is 0.141. The lowest BCUT2D eigenvalue weighted by Gasteiger charge is -2.35. The van der Waals surface area contributed by atoms with Crippen molar-refractivity contribution in [3.8, 4) is 11.3 Å². The Morgan fingerprint density at radius 1 is 1.03 bits per heavy atom. The number of hydrogen-bond donors (Lipinski definition) is 0. The van der Waals surface area contributed by atoms with Crippen LogP contribution >= 0.6 is 35.4 Å². The van der Waals surface area contributed by atoms with Gasteiger partial charge in [0, 0.05) is 22.7 Å². The Balaban J connectivity index is 1.75. The van der Waals surface area contributed by atoms with Gasteiger partial charge in [0.05, 0.1) is 16.2 Å². The molecule has 0 aliphatic carbocycles. The van der Waals surface area contributed by atoms with Gasteiger partial charge >= 0.3 is 0 Å². The highest BCUT2D eigenvalue weighted by atomic mass is 35.5. The minimum absolute atomic E-state index is 0.0499. The molecule has 3 aromatic rings. The first-order valence-electron chi connectivity index (χ1n) is 9.93. The number of nitro groups is 1. The van der Waals surface area contributed by atoms with Crippen LogP contribution in [0.25, 0.3) is 17.4 Å². The zero-order valence-electron chi connectivity index (χ0n) is 17.5. The molecule has 1 fully saturated rings. The van der Waals surface area contributed by atoms with E-state index in [0.29, 0.717) is 10.7 Å². The van der Waals surface area contributed by atoms with Gasteiger partial charge < -0.3 is 4.42 Å². The molecule has 2 amide bonds. The lowest BCUT2D eigenvalue weighted by molar-refractivity contribution is -0.384. The Bertz CT molecular complexity index is 1370. The number of nitro benzene ring substituents is 1. The number of benzene rings is 2. The van der Waals surface area contributed by atoms with Gasteiger partial charge in [-0.05, 0) is 73.7 Å². The van der Waals surface area contributed by atoms with Gasteiger partial charge in [-0.15, -0.1) is 0 Å². The van der Waals surface area contributed by atoms with Crippen molar-refractivity contribution in [2.24, 2.45) is 0 Å². The molecule has 0 atom stereocenters. The lowest BCUT2D eigenvalue weighted by Crippen LogP contribution is -2.56. The number of carbonyl (C=O) groups is 2. The van der Waals surface area contributed by atoms with E-state index in [4.69, 9.17) is 39.8 Å². The standard InChI is InChI=1S/C23H15Cl2N3O5S/c1-2-26-21(29)18(22(30)27(23(26)34)15-6-3-13(24)4-7-15)12-16-8-10-20(33-16)17-9-5-14(25)11-19(17)28(31)32/h3-12H,2H2,1H3/b18-12+. The minimum Gasteiger partial charge on any atom is -0.456 e. The molecule has 11 heteroatoms. The molecule has 172 valence electrons. The number of likely N-dealkylation sites (N-methyl/N-ethyl adjacent to an activating group) is 1. The molecule has 34 heavy (non-hydrogen) atoms. The summed E-state index contributed by atoms with van der Waals surface area (Å²) in [7, 11) is 0. The SMILES string of the molecule is CCN1C(=O)/C(=C\c2ccc(-c3ccc(Cl)cc3[N+](=O)[O-])o2)C(=O)N(c2ccc(Cl)cc2)C1=S. The van der Waals surface area contributed by atoms with Crippen LogP contribution in [0.4, 0.5) is 11.4 Å². The number of amides is 2. The second-order valence-electron chi connectivity index (χ2n) is 7.13. The summed E-state index contributed by atoms with van der Waals surface area (Å²) in [5.74, 6) is -0.852. The van der Waals surface area contributed by atoms with Crippen molar-refractivity contribution in [3.63, 3.8) is 0 Å². The summed E-state index contributed by atoms with van der Waals surface area (Å²) in [5, 5.41) is 12.2. The Morgan fingerprint density at radius 3 is 2.35 bits per heavy atom. The third-order valence-corrected chi connectivity index (χ3v) is 5.96. The molecule has 0 N–H and O–H groups in total. The summed E-state index contributed by atoms with van der Waals surface area (Å²) in [5.41, 5.74) is 0.256. The molecule has 1 saturated heterocycles. The van der Waals surface area contributed by atoms with Gasteiger partial charge in [0.15, 0.2) is 5.11 Å². The van der Waals surface area contributed by atoms with Crippen LogP contribution in [0.2, 0.25) is 10.0 Å². The van der Waals surface area contributed by atoms with E-state index in [2.05, 4.69) is 0 Å². The summed E-state index contributed by atoms with van der Waals surface area (Å²) in [6.07, 6.45) is 1.29. The average molecular weight is 516 g/mol. The highest BCUT2D eigenvalue weighted by Crippen LogP contribution is 2.34. The van der Waals surface area contributed by atoms with Crippen LogP contribution in [0.5, 0.6) is 0 Å². The molecule has 0 unspecified atom stereocenters. The van der Waals surface area contributed by atoms with E-state index in [1.165, 1.54) is 46.2 Å². The van der Waals surface area contributed by atoms with Crippen molar-refractivity contribution in [1.82, 2.24) is 4.90 Å². The fraction of sp³-hybridized carbons (Fsp3) is 0.0870. The highest BCUT2D eigenvalue weighted by molar-refractivity contribution is 7.80. The zero-order valence-corrected chi connectivity index (χ0v) is 19.9.